The Balaban J connectivity index is 1.66. The predicted octanol–water partition coefficient (Wildman–Crippen LogP) is 1.44. The van der Waals surface area contributed by atoms with Gasteiger partial charge in [0.05, 0.1) is 26.3 Å². The first-order valence-corrected chi connectivity index (χ1v) is 9.60. The lowest BCUT2D eigenvalue weighted by Crippen LogP contribution is -2.49. The van der Waals surface area contributed by atoms with Crippen LogP contribution in [0.3, 0.4) is 0 Å². The summed E-state index contributed by atoms with van der Waals surface area (Å²) in [4.78, 5) is 40.1. The number of hydrogen-bond acceptors (Lipinski definition) is 5. The van der Waals surface area contributed by atoms with Gasteiger partial charge in [-0.3, -0.25) is 14.4 Å². The molecule has 2 amide bonds. The topological polar surface area (TPSA) is 89.9 Å². The number of pyridine rings is 1. The Kier molecular flexibility index (Phi) is 5.07. The van der Waals surface area contributed by atoms with Crippen molar-refractivity contribution in [1.82, 2.24) is 14.8 Å². The molecule has 9 heteroatoms. The third kappa shape index (κ3) is 3.24. The molecule has 1 fully saturated rings. The second kappa shape index (κ2) is 7.56. The smallest absolute Gasteiger partial charge is 0.276 e. The molecule has 0 aliphatic carbocycles. The minimum atomic E-state index is -0.690. The van der Waals surface area contributed by atoms with E-state index in [9.17, 15) is 18.8 Å². The summed E-state index contributed by atoms with van der Waals surface area (Å²) in [5, 5.41) is 2.56. The van der Waals surface area contributed by atoms with E-state index < -0.39 is 23.4 Å². The molecule has 2 aliphatic rings. The number of aryl methyl sites for hydroxylation is 1. The van der Waals surface area contributed by atoms with Crippen LogP contribution < -0.4 is 15.5 Å². The number of methoxy groups -OCH3 is 1. The van der Waals surface area contributed by atoms with Crippen LogP contribution in [0.5, 0.6) is 5.75 Å². The molecule has 30 heavy (non-hydrogen) atoms. The maximum atomic E-state index is 14.0. The number of fused-ring (bicyclic) bond motifs is 2. The molecule has 1 aromatic carbocycles. The minimum absolute atomic E-state index is 0.0790. The first kappa shape index (κ1) is 20.1. The highest BCUT2D eigenvalue weighted by molar-refractivity contribution is 5.99. The summed E-state index contributed by atoms with van der Waals surface area (Å²) < 4.78 is 26.4. The highest BCUT2D eigenvalue weighted by Crippen LogP contribution is 2.29. The lowest BCUT2D eigenvalue weighted by Gasteiger charge is -2.34. The number of aromatic nitrogens is 1. The normalized spacial score (nSPS) is 20.0. The van der Waals surface area contributed by atoms with Crippen molar-refractivity contribution in [1.29, 1.82) is 0 Å². The molecule has 0 spiro atoms. The predicted molar refractivity (Wildman–Crippen MR) is 105 cm³/mol. The van der Waals surface area contributed by atoms with Crippen LogP contribution in [0.1, 0.15) is 38.9 Å². The minimum Gasteiger partial charge on any atom is -0.491 e. The van der Waals surface area contributed by atoms with Gasteiger partial charge in [-0.05, 0) is 25.5 Å². The van der Waals surface area contributed by atoms with Crippen LogP contribution in [-0.2, 0) is 17.8 Å². The van der Waals surface area contributed by atoms with E-state index in [1.165, 1.54) is 23.9 Å². The molecular formula is C21H22FN3O5. The van der Waals surface area contributed by atoms with Crippen molar-refractivity contribution >= 4 is 11.8 Å². The van der Waals surface area contributed by atoms with Gasteiger partial charge in [-0.25, -0.2) is 4.39 Å². The quantitative estimate of drug-likeness (QED) is 0.816. The van der Waals surface area contributed by atoms with Gasteiger partial charge >= 0.3 is 0 Å². The number of hydrogen-bond donors (Lipinski definition) is 1. The standard InChI is InChI=1S/C21H22FN3O5/c1-11-4-5-13(15(22)6-11)7-23-20(27)14-8-24-9-16-25(12(2)10-30-16)21(28)17(24)19(29-3)18(14)26/h4-6,8,12,16H,7,9-10H2,1-3H3,(H,23,27). The zero-order valence-corrected chi connectivity index (χ0v) is 16.9. The second-order valence-electron chi connectivity index (χ2n) is 7.53. The molecule has 1 saturated heterocycles. The van der Waals surface area contributed by atoms with Gasteiger partial charge in [0, 0.05) is 18.3 Å². The summed E-state index contributed by atoms with van der Waals surface area (Å²) in [6.07, 6.45) is 0.868. The highest BCUT2D eigenvalue weighted by atomic mass is 19.1. The fourth-order valence-electron chi connectivity index (χ4n) is 3.88. The van der Waals surface area contributed by atoms with Crippen LogP contribution in [0.25, 0.3) is 0 Å². The number of carbonyl (C=O) groups is 2. The van der Waals surface area contributed by atoms with Gasteiger partial charge in [-0.1, -0.05) is 12.1 Å². The van der Waals surface area contributed by atoms with Crippen molar-refractivity contribution in [3.63, 3.8) is 0 Å². The van der Waals surface area contributed by atoms with Gasteiger partial charge in [0.25, 0.3) is 11.8 Å². The van der Waals surface area contributed by atoms with Crippen molar-refractivity contribution < 1.29 is 23.5 Å². The van der Waals surface area contributed by atoms with Crippen molar-refractivity contribution in [2.75, 3.05) is 13.7 Å². The summed E-state index contributed by atoms with van der Waals surface area (Å²) in [6, 6.07) is 4.57. The molecule has 0 bridgehead atoms. The van der Waals surface area contributed by atoms with E-state index >= 15 is 0 Å². The Bertz CT molecular complexity index is 1100. The van der Waals surface area contributed by atoms with Crippen LogP contribution in [-0.4, -0.2) is 47.3 Å². The molecule has 1 aromatic heterocycles. The number of benzene rings is 1. The molecule has 158 valence electrons. The van der Waals surface area contributed by atoms with Crippen LogP contribution >= 0.6 is 0 Å². The maximum Gasteiger partial charge on any atom is 0.276 e. The maximum absolute atomic E-state index is 14.0. The van der Waals surface area contributed by atoms with Crippen LogP contribution in [0.2, 0.25) is 0 Å². The largest absolute Gasteiger partial charge is 0.491 e. The van der Waals surface area contributed by atoms with Gasteiger partial charge in [-0.2, -0.15) is 0 Å². The van der Waals surface area contributed by atoms with E-state index in [2.05, 4.69) is 5.32 Å². The fraction of sp³-hybridized carbons (Fsp3) is 0.381. The van der Waals surface area contributed by atoms with Gasteiger partial charge in [-0.15, -0.1) is 0 Å². The summed E-state index contributed by atoms with van der Waals surface area (Å²) >= 11 is 0. The first-order valence-electron chi connectivity index (χ1n) is 9.60. The molecule has 8 nitrogen and oxygen atoms in total. The fourth-order valence-corrected chi connectivity index (χ4v) is 3.88. The molecule has 3 heterocycles. The molecular weight excluding hydrogens is 393 g/mol. The van der Waals surface area contributed by atoms with E-state index in [1.807, 2.05) is 6.92 Å². The summed E-state index contributed by atoms with van der Waals surface area (Å²) in [5.74, 6) is -1.68. The number of rotatable bonds is 4. The highest BCUT2D eigenvalue weighted by Gasteiger charge is 2.43. The van der Waals surface area contributed by atoms with E-state index in [4.69, 9.17) is 9.47 Å². The summed E-state index contributed by atoms with van der Waals surface area (Å²) in [5.41, 5.74) is 0.290. The van der Waals surface area contributed by atoms with E-state index in [0.717, 1.165) is 5.56 Å². The second-order valence-corrected chi connectivity index (χ2v) is 7.53. The molecule has 1 N–H and O–H groups in total. The molecule has 2 aromatic rings. The number of nitrogens with one attached hydrogen (secondary N) is 1. The molecule has 2 atom stereocenters. The van der Waals surface area contributed by atoms with Crippen LogP contribution in [0, 0.1) is 12.7 Å². The third-order valence-electron chi connectivity index (χ3n) is 5.44. The van der Waals surface area contributed by atoms with Crippen molar-refractivity contribution in [3.05, 3.63) is 62.8 Å². The van der Waals surface area contributed by atoms with Crippen LogP contribution in [0.4, 0.5) is 4.39 Å². The van der Waals surface area contributed by atoms with Crippen molar-refractivity contribution in [2.24, 2.45) is 0 Å². The Morgan fingerprint density at radius 2 is 2.13 bits per heavy atom. The third-order valence-corrected chi connectivity index (χ3v) is 5.44. The number of ether oxygens (including phenoxy) is 2. The van der Waals surface area contributed by atoms with Gasteiger partial charge in [0.2, 0.25) is 5.43 Å². The van der Waals surface area contributed by atoms with Crippen molar-refractivity contribution in [2.45, 2.75) is 39.2 Å². The molecule has 2 unspecified atom stereocenters. The number of amides is 2. The molecule has 2 aliphatic heterocycles. The Hall–Kier alpha value is -3.20. The van der Waals surface area contributed by atoms with Crippen LogP contribution in [0.15, 0.2) is 29.2 Å². The number of carbonyl (C=O) groups excluding carboxylic acids is 2. The SMILES string of the molecule is COc1c2n(cc(C(=O)NCc3ccc(C)cc3F)c1=O)CC1OCC(C)N1C2=O. The van der Waals surface area contributed by atoms with Crippen molar-refractivity contribution in [3.8, 4) is 5.75 Å². The summed E-state index contributed by atoms with van der Waals surface area (Å²) in [7, 11) is 1.28. The molecule has 0 radical (unpaired) electrons. The number of nitrogens with zero attached hydrogens (tertiary/aromatic N) is 2. The molecule has 4 rings (SSSR count). The first-order chi connectivity index (χ1) is 14.3. The van der Waals surface area contributed by atoms with Gasteiger partial charge < -0.3 is 24.3 Å². The number of halogens is 1. The lowest BCUT2D eigenvalue weighted by molar-refractivity contribution is 0.00621. The lowest BCUT2D eigenvalue weighted by atomic mass is 10.1. The monoisotopic (exact) mass is 415 g/mol. The van der Waals surface area contributed by atoms with E-state index in [0.29, 0.717) is 12.2 Å². The Morgan fingerprint density at radius 3 is 2.83 bits per heavy atom. The summed E-state index contributed by atoms with van der Waals surface area (Å²) in [6.45, 7) is 4.22. The zero-order valence-electron chi connectivity index (χ0n) is 16.9. The zero-order chi connectivity index (χ0) is 21.6. The van der Waals surface area contributed by atoms with Gasteiger partial charge in [0.1, 0.15) is 11.4 Å². The van der Waals surface area contributed by atoms with Gasteiger partial charge in [0.15, 0.2) is 17.7 Å². The Labute approximate surface area is 172 Å². The average Bonchev–Trinajstić information content (AvgIpc) is 3.08. The van der Waals surface area contributed by atoms with E-state index in [1.54, 1.807) is 24.0 Å². The average molecular weight is 415 g/mol. The molecule has 0 saturated carbocycles. The van der Waals surface area contributed by atoms with E-state index in [-0.39, 0.29) is 42.0 Å². The Morgan fingerprint density at radius 1 is 1.37 bits per heavy atom.